The Morgan fingerprint density at radius 2 is 2.16 bits per heavy atom. The number of nitrogens with two attached hydrogens (primary N) is 1. The molecule has 0 aliphatic heterocycles. The molecule has 0 aliphatic rings. The van der Waals surface area contributed by atoms with Crippen molar-refractivity contribution in [2.75, 3.05) is 31.7 Å². The van der Waals surface area contributed by atoms with Gasteiger partial charge in [-0.2, -0.15) is 0 Å². The van der Waals surface area contributed by atoms with Crippen molar-refractivity contribution in [2.24, 2.45) is 5.73 Å². The van der Waals surface area contributed by atoms with Gasteiger partial charge in [-0.3, -0.25) is 9.59 Å². The van der Waals surface area contributed by atoms with Crippen molar-refractivity contribution >= 4 is 29.2 Å². The van der Waals surface area contributed by atoms with E-state index in [9.17, 15) is 9.59 Å². The summed E-state index contributed by atoms with van der Waals surface area (Å²) in [4.78, 5) is 23.4. The van der Waals surface area contributed by atoms with Crippen molar-refractivity contribution in [1.82, 2.24) is 0 Å². The van der Waals surface area contributed by atoms with Gasteiger partial charge >= 0.3 is 5.97 Å². The lowest BCUT2D eigenvalue weighted by molar-refractivity contribution is -0.135. The third kappa shape index (κ3) is 4.42. The summed E-state index contributed by atoms with van der Waals surface area (Å²) in [5.41, 5.74) is 5.94. The van der Waals surface area contributed by atoms with E-state index in [4.69, 9.17) is 27.2 Å². The number of hydrogen-bond acceptors (Lipinski definition) is 4. The van der Waals surface area contributed by atoms with Crippen LogP contribution in [0.4, 0.5) is 5.69 Å². The van der Waals surface area contributed by atoms with E-state index in [-0.39, 0.29) is 17.1 Å². The molecule has 6 nitrogen and oxygen atoms in total. The molecule has 104 valence electrons. The molecule has 1 aromatic carbocycles. The number of benzene rings is 1. The van der Waals surface area contributed by atoms with Gasteiger partial charge in [0.05, 0.1) is 17.3 Å². The lowest BCUT2D eigenvalue weighted by Gasteiger charge is -2.23. The van der Waals surface area contributed by atoms with Gasteiger partial charge in [0, 0.05) is 19.2 Å². The number of nitrogens with zero attached hydrogens (tertiary/aromatic N) is 1. The molecule has 1 aromatic rings. The molecule has 0 unspecified atom stereocenters. The van der Waals surface area contributed by atoms with Crippen LogP contribution >= 0.6 is 11.6 Å². The second-order valence-corrected chi connectivity index (χ2v) is 4.25. The first-order valence-electron chi connectivity index (χ1n) is 5.50. The second kappa shape index (κ2) is 6.96. The van der Waals surface area contributed by atoms with Crippen LogP contribution in [-0.4, -0.2) is 43.8 Å². The molecule has 19 heavy (non-hydrogen) atoms. The van der Waals surface area contributed by atoms with Gasteiger partial charge in [0.2, 0.25) is 5.91 Å². The van der Waals surface area contributed by atoms with Crippen LogP contribution in [0.25, 0.3) is 0 Å². The van der Waals surface area contributed by atoms with Gasteiger partial charge in [-0.25, -0.2) is 0 Å². The van der Waals surface area contributed by atoms with E-state index in [1.165, 1.54) is 19.2 Å². The summed E-state index contributed by atoms with van der Waals surface area (Å²) in [6, 6.07) is 4.49. The standard InChI is InChI=1S/C12H15ClN2O4/c1-19-5-4-15(7-11(16)17)10-3-2-8(12(14)18)6-9(10)13/h2-3,6H,4-5,7H2,1H3,(H2,14,18)(H,16,17). The van der Waals surface area contributed by atoms with Crippen molar-refractivity contribution in [3.05, 3.63) is 28.8 Å². The van der Waals surface area contributed by atoms with E-state index in [0.717, 1.165) is 0 Å². The molecule has 0 spiro atoms. The Hall–Kier alpha value is -1.79. The highest BCUT2D eigenvalue weighted by atomic mass is 35.5. The predicted molar refractivity (Wildman–Crippen MR) is 71.7 cm³/mol. The van der Waals surface area contributed by atoms with Crippen LogP contribution in [0, 0.1) is 0 Å². The number of rotatable bonds is 7. The Morgan fingerprint density at radius 1 is 1.47 bits per heavy atom. The van der Waals surface area contributed by atoms with Crippen LogP contribution in [0.2, 0.25) is 5.02 Å². The molecule has 0 aromatic heterocycles. The summed E-state index contributed by atoms with van der Waals surface area (Å²) in [5.74, 6) is -1.57. The molecule has 0 radical (unpaired) electrons. The van der Waals surface area contributed by atoms with E-state index in [1.54, 1.807) is 11.0 Å². The maximum atomic E-state index is 11.0. The highest BCUT2D eigenvalue weighted by Crippen LogP contribution is 2.26. The van der Waals surface area contributed by atoms with E-state index in [0.29, 0.717) is 18.8 Å². The molecular formula is C12H15ClN2O4. The summed E-state index contributed by atoms with van der Waals surface area (Å²) in [6.07, 6.45) is 0. The number of carbonyl (C=O) groups is 2. The Labute approximate surface area is 115 Å². The number of carboxylic acid groups (broad SMARTS) is 1. The SMILES string of the molecule is COCCN(CC(=O)O)c1ccc(C(N)=O)cc1Cl. The van der Waals surface area contributed by atoms with Crippen LogP contribution in [0.1, 0.15) is 10.4 Å². The summed E-state index contributed by atoms with van der Waals surface area (Å²) in [7, 11) is 1.52. The van der Waals surface area contributed by atoms with E-state index in [2.05, 4.69) is 0 Å². The lowest BCUT2D eigenvalue weighted by atomic mass is 10.2. The highest BCUT2D eigenvalue weighted by Gasteiger charge is 2.15. The minimum absolute atomic E-state index is 0.209. The Kier molecular flexibility index (Phi) is 5.59. The maximum Gasteiger partial charge on any atom is 0.323 e. The quantitative estimate of drug-likeness (QED) is 0.779. The molecule has 7 heteroatoms. The number of primary amides is 1. The molecule has 1 amide bonds. The Morgan fingerprint density at radius 3 is 2.63 bits per heavy atom. The number of halogens is 1. The third-order valence-electron chi connectivity index (χ3n) is 2.46. The van der Waals surface area contributed by atoms with Crippen molar-refractivity contribution in [3.8, 4) is 0 Å². The number of anilines is 1. The molecule has 0 bridgehead atoms. The number of carbonyl (C=O) groups excluding carboxylic acids is 1. The summed E-state index contributed by atoms with van der Waals surface area (Å²) in [6.45, 7) is 0.526. The number of ether oxygens (including phenoxy) is 1. The van der Waals surface area contributed by atoms with Gasteiger partial charge in [0.15, 0.2) is 0 Å². The number of hydrogen-bond donors (Lipinski definition) is 2. The van der Waals surface area contributed by atoms with Crippen molar-refractivity contribution < 1.29 is 19.4 Å². The first kappa shape index (κ1) is 15.3. The minimum atomic E-state index is -0.980. The van der Waals surface area contributed by atoms with Gasteiger partial charge in [0.1, 0.15) is 6.54 Å². The Balaban J connectivity index is 3.00. The molecule has 3 N–H and O–H groups in total. The fraction of sp³-hybridized carbons (Fsp3) is 0.333. The summed E-state index contributed by atoms with van der Waals surface area (Å²) >= 11 is 6.05. The molecule has 0 fully saturated rings. The van der Waals surface area contributed by atoms with E-state index < -0.39 is 11.9 Å². The largest absolute Gasteiger partial charge is 0.480 e. The van der Waals surface area contributed by atoms with Gasteiger partial charge < -0.3 is 20.5 Å². The zero-order valence-corrected chi connectivity index (χ0v) is 11.2. The van der Waals surface area contributed by atoms with Crippen LogP contribution in [-0.2, 0) is 9.53 Å². The van der Waals surface area contributed by atoms with Crippen LogP contribution in [0.5, 0.6) is 0 Å². The minimum Gasteiger partial charge on any atom is -0.480 e. The Bertz CT molecular complexity index is 479. The second-order valence-electron chi connectivity index (χ2n) is 3.84. The lowest BCUT2D eigenvalue weighted by Crippen LogP contribution is -2.33. The molecule has 0 heterocycles. The number of carboxylic acids is 1. The van der Waals surface area contributed by atoms with Crippen LogP contribution in [0.15, 0.2) is 18.2 Å². The first-order chi connectivity index (χ1) is 8.95. The fourth-order valence-electron chi connectivity index (χ4n) is 1.57. The molecule has 1 rings (SSSR count). The van der Waals surface area contributed by atoms with Gasteiger partial charge in [-0.1, -0.05) is 11.6 Å². The summed E-state index contributed by atoms with van der Waals surface area (Å²) in [5, 5.41) is 9.15. The summed E-state index contributed by atoms with van der Waals surface area (Å²) < 4.78 is 4.93. The first-order valence-corrected chi connectivity index (χ1v) is 5.88. The maximum absolute atomic E-state index is 11.0. The topological polar surface area (TPSA) is 92.9 Å². The van der Waals surface area contributed by atoms with Crippen molar-refractivity contribution in [2.45, 2.75) is 0 Å². The van der Waals surface area contributed by atoms with Crippen LogP contribution < -0.4 is 10.6 Å². The number of aliphatic carboxylic acids is 1. The zero-order valence-electron chi connectivity index (χ0n) is 10.4. The molecular weight excluding hydrogens is 272 g/mol. The average molecular weight is 287 g/mol. The highest BCUT2D eigenvalue weighted by molar-refractivity contribution is 6.33. The number of amides is 1. The normalized spacial score (nSPS) is 10.2. The van der Waals surface area contributed by atoms with Crippen LogP contribution in [0.3, 0.4) is 0 Å². The number of methoxy groups -OCH3 is 1. The third-order valence-corrected chi connectivity index (χ3v) is 2.77. The average Bonchev–Trinajstić information content (AvgIpc) is 2.34. The van der Waals surface area contributed by atoms with Gasteiger partial charge in [-0.05, 0) is 18.2 Å². The smallest absolute Gasteiger partial charge is 0.323 e. The van der Waals surface area contributed by atoms with Gasteiger partial charge in [0.25, 0.3) is 0 Å². The molecule has 0 aliphatic carbocycles. The van der Waals surface area contributed by atoms with E-state index >= 15 is 0 Å². The monoisotopic (exact) mass is 286 g/mol. The van der Waals surface area contributed by atoms with Gasteiger partial charge in [-0.15, -0.1) is 0 Å². The molecule has 0 saturated carbocycles. The zero-order chi connectivity index (χ0) is 14.4. The molecule has 0 saturated heterocycles. The fourth-order valence-corrected chi connectivity index (χ4v) is 1.87. The van der Waals surface area contributed by atoms with Crippen molar-refractivity contribution in [1.29, 1.82) is 0 Å². The van der Waals surface area contributed by atoms with E-state index in [1.807, 2.05) is 0 Å². The molecule has 0 atom stereocenters. The predicted octanol–water partition coefficient (Wildman–Crippen LogP) is 0.976. The van der Waals surface area contributed by atoms with Crippen molar-refractivity contribution in [3.63, 3.8) is 0 Å².